The highest BCUT2D eigenvalue weighted by molar-refractivity contribution is 7.16. The maximum Gasteiger partial charge on any atom is 0.112 e. The molecule has 0 heterocycles. The van der Waals surface area contributed by atoms with Gasteiger partial charge >= 0.3 is 0 Å². The van der Waals surface area contributed by atoms with Crippen molar-refractivity contribution in [2.75, 3.05) is 13.2 Å². The zero-order chi connectivity index (χ0) is 20.9. The van der Waals surface area contributed by atoms with Crippen molar-refractivity contribution in [1.82, 2.24) is 5.32 Å². The molecule has 4 unspecified atom stereocenters. The van der Waals surface area contributed by atoms with Crippen LogP contribution in [0.4, 0.5) is 0 Å². The Morgan fingerprint density at radius 3 is 2.45 bits per heavy atom. The van der Waals surface area contributed by atoms with Crippen LogP contribution in [0.5, 0.6) is 0 Å². The van der Waals surface area contributed by atoms with E-state index >= 15 is 0 Å². The van der Waals surface area contributed by atoms with Gasteiger partial charge in [0, 0.05) is 12.0 Å². The van der Waals surface area contributed by atoms with Crippen molar-refractivity contribution >= 4 is 26.1 Å². The van der Waals surface area contributed by atoms with Gasteiger partial charge in [0.15, 0.2) is 0 Å². The molecular weight excluding hydrogens is 373 g/mol. The van der Waals surface area contributed by atoms with Gasteiger partial charge in [0.05, 0.1) is 0 Å². The summed E-state index contributed by atoms with van der Waals surface area (Å²) in [5, 5.41) is 17.8. The maximum absolute atomic E-state index is 12.1. The van der Waals surface area contributed by atoms with Crippen molar-refractivity contribution in [1.29, 1.82) is 0 Å². The average molecular weight is 406 g/mol. The van der Waals surface area contributed by atoms with Gasteiger partial charge < -0.3 is 10.4 Å². The van der Waals surface area contributed by atoms with Gasteiger partial charge in [0.25, 0.3) is 0 Å². The molecule has 2 nitrogen and oxygen atoms in total. The molecular formula is C26H32NOP. The molecule has 3 aromatic rings. The predicted octanol–water partition coefficient (Wildman–Crippen LogP) is 5.40. The molecule has 0 saturated heterocycles. The van der Waals surface area contributed by atoms with Gasteiger partial charge in [-0.05, 0) is 53.2 Å². The summed E-state index contributed by atoms with van der Waals surface area (Å²) in [7, 11) is 4.72. The molecule has 1 aliphatic carbocycles. The van der Waals surface area contributed by atoms with E-state index in [9.17, 15) is 5.11 Å². The van der Waals surface area contributed by atoms with Crippen LogP contribution in [0.1, 0.15) is 30.5 Å². The molecule has 4 rings (SSSR count). The molecule has 4 atom stereocenters. The van der Waals surface area contributed by atoms with E-state index in [0.29, 0.717) is 0 Å². The quantitative estimate of drug-likeness (QED) is 0.557. The molecule has 2 N–H and O–H groups in total. The maximum atomic E-state index is 12.1. The van der Waals surface area contributed by atoms with Crippen molar-refractivity contribution < 1.29 is 5.11 Å². The number of aliphatic hydroxyl groups is 1. The predicted molar refractivity (Wildman–Crippen MR) is 129 cm³/mol. The lowest BCUT2D eigenvalue weighted by Crippen LogP contribution is -2.53. The lowest BCUT2D eigenvalue weighted by Gasteiger charge is -2.42. The fourth-order valence-corrected chi connectivity index (χ4v) is 4.93. The van der Waals surface area contributed by atoms with Crippen LogP contribution in [0.3, 0.4) is 0 Å². The first kappa shape index (κ1) is 21.7. The summed E-state index contributed by atoms with van der Waals surface area (Å²) in [6.07, 6.45) is 5.94. The Labute approximate surface area is 177 Å². The largest absolute Gasteiger partial charge is 0.383 e. The fraction of sp³-hybridized carbons (Fsp3) is 0.308. The molecule has 0 radical (unpaired) electrons. The Hall–Kier alpha value is -1.99. The highest BCUT2D eigenvalue weighted by atomic mass is 31.0. The average Bonchev–Trinajstić information content (AvgIpc) is 2.80. The molecule has 0 saturated carbocycles. The standard InChI is InChI=1S/C24H26NOP.C2H6/c1-25-23(16-27)24(26,21-12-10-17-6-2-4-8-19(17)14-21)22-13-11-18-7-3-5-9-20(18)15-22;1-2/h2-14,22-23,25-26H,15-16,27H2,1H3;1-2H3. The molecule has 0 aromatic heterocycles. The van der Waals surface area contributed by atoms with Crippen LogP contribution in [0.2, 0.25) is 0 Å². The third-order valence-corrected chi connectivity index (χ3v) is 6.37. The van der Waals surface area contributed by atoms with E-state index in [1.54, 1.807) is 0 Å². The Morgan fingerprint density at radius 1 is 1.03 bits per heavy atom. The number of fused-ring (bicyclic) bond motifs is 2. The Balaban J connectivity index is 0.00000117. The molecule has 0 aliphatic heterocycles. The smallest absolute Gasteiger partial charge is 0.112 e. The molecule has 0 fully saturated rings. The third kappa shape index (κ3) is 4.16. The van der Waals surface area contributed by atoms with Crippen molar-refractivity contribution in [3.05, 3.63) is 89.5 Å². The first-order chi connectivity index (χ1) is 14.2. The lowest BCUT2D eigenvalue weighted by atomic mass is 9.71. The molecule has 0 bridgehead atoms. The number of hydrogen-bond acceptors (Lipinski definition) is 2. The summed E-state index contributed by atoms with van der Waals surface area (Å²) < 4.78 is 0. The number of nitrogens with one attached hydrogen (secondary N) is 1. The zero-order valence-corrected chi connectivity index (χ0v) is 18.8. The number of hydrogen-bond donors (Lipinski definition) is 2. The van der Waals surface area contributed by atoms with E-state index in [4.69, 9.17) is 0 Å². The van der Waals surface area contributed by atoms with E-state index in [1.165, 1.54) is 16.5 Å². The van der Waals surface area contributed by atoms with Gasteiger partial charge in [-0.2, -0.15) is 0 Å². The SMILES string of the molecule is CC.CNC(CP)C(O)(c1ccc2ccccc2c1)C1C=Cc2ccccc2C1. The van der Waals surface area contributed by atoms with Crippen molar-refractivity contribution in [3.63, 3.8) is 0 Å². The summed E-state index contributed by atoms with van der Waals surface area (Å²) in [6.45, 7) is 4.00. The monoisotopic (exact) mass is 405 g/mol. The van der Waals surface area contributed by atoms with Crippen LogP contribution >= 0.6 is 9.24 Å². The Bertz CT molecular complexity index is 979. The van der Waals surface area contributed by atoms with E-state index in [-0.39, 0.29) is 12.0 Å². The minimum Gasteiger partial charge on any atom is -0.383 e. The molecule has 3 heteroatoms. The lowest BCUT2D eigenvalue weighted by molar-refractivity contribution is -0.0329. The van der Waals surface area contributed by atoms with Gasteiger partial charge in [0.1, 0.15) is 5.60 Å². The van der Waals surface area contributed by atoms with Gasteiger partial charge in [-0.25, -0.2) is 0 Å². The second-order valence-corrected chi connectivity index (χ2v) is 7.80. The fourth-order valence-electron chi connectivity index (χ4n) is 4.34. The molecule has 152 valence electrons. The number of likely N-dealkylation sites (N-methyl/N-ethyl adjacent to an activating group) is 1. The Morgan fingerprint density at radius 2 is 1.72 bits per heavy atom. The van der Waals surface area contributed by atoms with Crippen LogP contribution in [0.25, 0.3) is 16.8 Å². The van der Waals surface area contributed by atoms with Crippen LogP contribution in [-0.2, 0) is 12.0 Å². The normalized spacial score (nSPS) is 18.3. The van der Waals surface area contributed by atoms with Crippen LogP contribution in [0.15, 0.2) is 72.8 Å². The number of rotatable bonds is 5. The van der Waals surface area contributed by atoms with E-state index in [0.717, 1.165) is 23.5 Å². The molecule has 0 spiro atoms. The van der Waals surface area contributed by atoms with E-state index < -0.39 is 5.60 Å². The minimum atomic E-state index is -0.995. The van der Waals surface area contributed by atoms with Crippen molar-refractivity contribution in [2.45, 2.75) is 31.9 Å². The topological polar surface area (TPSA) is 32.3 Å². The highest BCUT2D eigenvalue weighted by Gasteiger charge is 2.44. The Kier molecular flexibility index (Phi) is 7.24. The zero-order valence-electron chi connectivity index (χ0n) is 17.6. The summed E-state index contributed by atoms with van der Waals surface area (Å²) >= 11 is 0. The van der Waals surface area contributed by atoms with Crippen molar-refractivity contribution in [3.8, 4) is 0 Å². The second-order valence-electron chi connectivity index (χ2n) is 7.33. The second kappa shape index (κ2) is 9.67. The van der Waals surface area contributed by atoms with Crippen LogP contribution in [-0.4, -0.2) is 24.4 Å². The first-order valence-electron chi connectivity index (χ1n) is 10.5. The van der Waals surface area contributed by atoms with Crippen LogP contribution < -0.4 is 5.32 Å². The number of benzene rings is 3. The minimum absolute atomic E-state index is 0.00608. The van der Waals surface area contributed by atoms with E-state index in [1.807, 2.05) is 33.0 Å². The van der Waals surface area contributed by atoms with Gasteiger partial charge in [-0.3, -0.25) is 0 Å². The van der Waals surface area contributed by atoms with Gasteiger partial charge in [-0.1, -0.05) is 86.7 Å². The molecule has 0 amide bonds. The van der Waals surface area contributed by atoms with Gasteiger partial charge in [0.2, 0.25) is 0 Å². The summed E-state index contributed by atoms with van der Waals surface area (Å²) in [4.78, 5) is 0. The molecule has 3 aromatic carbocycles. The van der Waals surface area contributed by atoms with E-state index in [2.05, 4.69) is 81.3 Å². The van der Waals surface area contributed by atoms with Gasteiger partial charge in [-0.15, -0.1) is 9.24 Å². The highest BCUT2D eigenvalue weighted by Crippen LogP contribution is 2.40. The third-order valence-electron chi connectivity index (χ3n) is 5.90. The first-order valence-corrected chi connectivity index (χ1v) is 11.3. The summed E-state index contributed by atoms with van der Waals surface area (Å²) in [5.41, 5.74) is 2.52. The molecule has 1 aliphatic rings. The summed E-state index contributed by atoms with van der Waals surface area (Å²) in [5.74, 6) is 0.00608. The summed E-state index contributed by atoms with van der Waals surface area (Å²) in [6, 6.07) is 23.1. The molecule has 29 heavy (non-hydrogen) atoms. The van der Waals surface area contributed by atoms with Crippen molar-refractivity contribution in [2.24, 2.45) is 5.92 Å². The van der Waals surface area contributed by atoms with Crippen LogP contribution in [0, 0.1) is 5.92 Å².